The van der Waals surface area contributed by atoms with Gasteiger partial charge in [0.25, 0.3) is 5.92 Å². The third-order valence-electron chi connectivity index (χ3n) is 1.79. The minimum atomic E-state index is -2.61. The summed E-state index contributed by atoms with van der Waals surface area (Å²) >= 11 is 0. The summed E-state index contributed by atoms with van der Waals surface area (Å²) in [5, 5.41) is 8.85. The molecule has 1 unspecified atom stereocenters. The van der Waals surface area contributed by atoms with Crippen LogP contribution in [0, 0.1) is 5.92 Å². The fourth-order valence-electron chi connectivity index (χ4n) is 1.20. The van der Waals surface area contributed by atoms with Gasteiger partial charge in [-0.25, -0.2) is 8.78 Å². The summed E-state index contributed by atoms with van der Waals surface area (Å²) in [6.45, 7) is 1.64. The van der Waals surface area contributed by atoms with Crippen LogP contribution in [0.5, 0.6) is 0 Å². The molecule has 0 spiro atoms. The van der Waals surface area contributed by atoms with Crippen molar-refractivity contribution >= 4 is 0 Å². The number of hydrogen-bond donors (Lipinski definition) is 1. The molecule has 1 fully saturated rings. The summed E-state index contributed by atoms with van der Waals surface area (Å²) in [6, 6.07) is 0. The van der Waals surface area contributed by atoms with Gasteiger partial charge < -0.3 is 5.11 Å². The van der Waals surface area contributed by atoms with E-state index in [0.29, 0.717) is 0 Å². The van der Waals surface area contributed by atoms with Crippen LogP contribution in [0.2, 0.25) is 0 Å². The highest BCUT2D eigenvalue weighted by Crippen LogP contribution is 2.38. The van der Waals surface area contributed by atoms with Crippen molar-refractivity contribution in [2.45, 2.75) is 31.8 Å². The zero-order valence-corrected chi connectivity index (χ0v) is 5.27. The van der Waals surface area contributed by atoms with Gasteiger partial charge in [0.05, 0.1) is 6.10 Å². The van der Waals surface area contributed by atoms with Gasteiger partial charge in [-0.3, -0.25) is 0 Å². The summed E-state index contributed by atoms with van der Waals surface area (Å²) in [6.07, 6.45) is -1.30. The molecule has 0 aromatic carbocycles. The normalized spacial score (nSPS) is 41.3. The van der Waals surface area contributed by atoms with Gasteiger partial charge in [-0.15, -0.1) is 0 Å². The molecule has 3 heteroatoms. The summed E-state index contributed by atoms with van der Waals surface area (Å²) in [4.78, 5) is 0. The van der Waals surface area contributed by atoms with Gasteiger partial charge in [0.1, 0.15) is 0 Å². The van der Waals surface area contributed by atoms with E-state index in [1.54, 1.807) is 6.92 Å². The lowest BCUT2D eigenvalue weighted by atomic mass is 10.1. The maximum atomic E-state index is 12.3. The van der Waals surface area contributed by atoms with Crippen LogP contribution in [-0.2, 0) is 0 Å². The topological polar surface area (TPSA) is 20.2 Å². The van der Waals surface area contributed by atoms with Crippen molar-refractivity contribution in [3.63, 3.8) is 0 Å². The molecule has 0 amide bonds. The number of hydrogen-bond acceptors (Lipinski definition) is 1. The van der Waals surface area contributed by atoms with E-state index in [-0.39, 0.29) is 18.8 Å². The Kier molecular flexibility index (Phi) is 1.47. The second-order valence-corrected chi connectivity index (χ2v) is 2.81. The Balaban J connectivity index is 2.54. The van der Waals surface area contributed by atoms with E-state index in [9.17, 15) is 8.78 Å². The summed E-state index contributed by atoms with van der Waals surface area (Å²) in [7, 11) is 0. The molecule has 0 heterocycles. The van der Waals surface area contributed by atoms with E-state index in [2.05, 4.69) is 0 Å². The maximum absolute atomic E-state index is 12.3. The predicted molar refractivity (Wildman–Crippen MR) is 29.4 cm³/mol. The van der Waals surface area contributed by atoms with Crippen molar-refractivity contribution in [2.75, 3.05) is 0 Å². The Labute approximate surface area is 52.7 Å². The molecular weight excluding hydrogens is 126 g/mol. The van der Waals surface area contributed by atoms with Crippen LogP contribution >= 0.6 is 0 Å². The average Bonchev–Trinajstić information content (AvgIpc) is 1.79. The van der Waals surface area contributed by atoms with Crippen LogP contribution in [0.25, 0.3) is 0 Å². The van der Waals surface area contributed by atoms with E-state index in [4.69, 9.17) is 5.11 Å². The van der Waals surface area contributed by atoms with Gasteiger partial charge in [-0.1, -0.05) is 6.92 Å². The van der Waals surface area contributed by atoms with Crippen LogP contribution in [-0.4, -0.2) is 17.1 Å². The fourth-order valence-corrected chi connectivity index (χ4v) is 1.20. The molecule has 1 rings (SSSR count). The first-order valence-corrected chi connectivity index (χ1v) is 3.07. The van der Waals surface area contributed by atoms with Gasteiger partial charge in [-0.2, -0.15) is 0 Å². The lowest BCUT2D eigenvalue weighted by Gasteiger charge is -2.04. The zero-order chi connectivity index (χ0) is 7.07. The zero-order valence-electron chi connectivity index (χ0n) is 5.27. The molecular formula is C6H10F2O. The van der Waals surface area contributed by atoms with Gasteiger partial charge >= 0.3 is 0 Å². The highest BCUT2D eigenvalue weighted by Gasteiger charge is 2.43. The van der Waals surface area contributed by atoms with Gasteiger partial charge in [0.2, 0.25) is 0 Å². The van der Waals surface area contributed by atoms with Crippen molar-refractivity contribution in [2.24, 2.45) is 5.92 Å². The smallest absolute Gasteiger partial charge is 0.251 e. The Morgan fingerprint density at radius 3 is 2.11 bits per heavy atom. The largest absolute Gasteiger partial charge is 0.393 e. The highest BCUT2D eigenvalue weighted by molar-refractivity contribution is 4.85. The molecule has 2 atom stereocenters. The third-order valence-corrected chi connectivity index (χ3v) is 1.79. The first-order chi connectivity index (χ1) is 4.01. The lowest BCUT2D eigenvalue weighted by Crippen LogP contribution is -2.11. The number of aliphatic hydroxyl groups excluding tert-OH is 1. The quantitative estimate of drug-likeness (QED) is 0.533. The molecule has 0 aromatic rings. The molecule has 1 nitrogen and oxygen atoms in total. The number of aliphatic hydroxyl groups is 1. The minimum absolute atomic E-state index is 0.159. The van der Waals surface area contributed by atoms with Gasteiger partial charge in [0.15, 0.2) is 0 Å². The van der Waals surface area contributed by atoms with Crippen LogP contribution < -0.4 is 0 Å². The second-order valence-electron chi connectivity index (χ2n) is 2.81. The van der Waals surface area contributed by atoms with Crippen LogP contribution in [0.15, 0.2) is 0 Å². The second kappa shape index (κ2) is 1.90. The molecule has 1 aliphatic carbocycles. The van der Waals surface area contributed by atoms with E-state index >= 15 is 0 Å². The maximum Gasteiger partial charge on any atom is 0.251 e. The molecule has 54 valence electrons. The third kappa shape index (κ3) is 1.39. The van der Waals surface area contributed by atoms with E-state index in [1.165, 1.54) is 0 Å². The van der Waals surface area contributed by atoms with Crippen molar-refractivity contribution < 1.29 is 13.9 Å². The Bertz CT molecular complexity index is 102. The summed E-state index contributed by atoms with van der Waals surface area (Å²) < 4.78 is 24.6. The van der Waals surface area contributed by atoms with Crippen LogP contribution in [0.3, 0.4) is 0 Å². The number of alkyl halides is 2. The molecule has 1 aliphatic rings. The predicted octanol–water partition coefficient (Wildman–Crippen LogP) is 1.41. The van der Waals surface area contributed by atoms with E-state index in [1.807, 2.05) is 0 Å². The minimum Gasteiger partial charge on any atom is -0.393 e. The lowest BCUT2D eigenvalue weighted by molar-refractivity contribution is -0.00377. The average molecular weight is 136 g/mol. The van der Waals surface area contributed by atoms with Crippen molar-refractivity contribution in [1.82, 2.24) is 0 Å². The molecule has 0 bridgehead atoms. The molecule has 0 radical (unpaired) electrons. The Morgan fingerprint density at radius 2 is 2.00 bits per heavy atom. The molecule has 9 heavy (non-hydrogen) atoms. The first-order valence-electron chi connectivity index (χ1n) is 3.07. The Hall–Kier alpha value is -0.180. The molecule has 0 aliphatic heterocycles. The van der Waals surface area contributed by atoms with Crippen LogP contribution in [0.4, 0.5) is 8.78 Å². The monoisotopic (exact) mass is 136 g/mol. The number of halogens is 2. The first kappa shape index (κ1) is 6.93. The van der Waals surface area contributed by atoms with Crippen molar-refractivity contribution in [3.8, 4) is 0 Å². The summed E-state index contributed by atoms with van der Waals surface area (Å²) in [5.41, 5.74) is 0. The fraction of sp³-hybridized carbons (Fsp3) is 1.00. The highest BCUT2D eigenvalue weighted by atomic mass is 19.3. The molecule has 0 saturated heterocycles. The Morgan fingerprint density at radius 1 is 1.44 bits per heavy atom. The van der Waals surface area contributed by atoms with Crippen molar-refractivity contribution in [3.05, 3.63) is 0 Å². The van der Waals surface area contributed by atoms with Gasteiger partial charge in [-0.05, 0) is 5.92 Å². The van der Waals surface area contributed by atoms with E-state index in [0.717, 1.165) is 0 Å². The summed E-state index contributed by atoms with van der Waals surface area (Å²) in [5.74, 6) is -2.85. The standard InChI is InChI=1S/C6H10F2O/c1-4-2-6(7,8)3-5(4)9/h4-5,9H,2-3H2,1H3/t4?,5-/m1/s1. The SMILES string of the molecule is CC1CC(F)(F)C[C@H]1O. The molecule has 1 saturated carbocycles. The van der Waals surface area contributed by atoms with E-state index < -0.39 is 12.0 Å². The molecule has 1 N–H and O–H groups in total. The van der Waals surface area contributed by atoms with Crippen LogP contribution in [0.1, 0.15) is 19.8 Å². The van der Waals surface area contributed by atoms with Gasteiger partial charge in [0, 0.05) is 12.8 Å². The van der Waals surface area contributed by atoms with Crippen molar-refractivity contribution in [1.29, 1.82) is 0 Å². The molecule has 0 aromatic heterocycles. The number of rotatable bonds is 0.